The fraction of sp³-hybridized carbons (Fsp3) is 0.351. The molecule has 0 spiro atoms. The summed E-state index contributed by atoms with van der Waals surface area (Å²) in [5.41, 5.74) is 1.97. The van der Waals surface area contributed by atoms with E-state index in [4.69, 9.17) is 9.47 Å². The molecule has 1 amide bonds. The largest absolute Gasteiger partial charge is 0.490 e. The minimum absolute atomic E-state index is 0.0709. The molecule has 10 nitrogen and oxygen atoms in total. The first-order valence-electron chi connectivity index (χ1n) is 16.6. The smallest absolute Gasteiger partial charge is 0.417 e. The monoisotopic (exact) mass is 686 g/mol. The van der Waals surface area contributed by atoms with Crippen LogP contribution in [0.3, 0.4) is 0 Å². The summed E-state index contributed by atoms with van der Waals surface area (Å²) in [7, 11) is 3.42. The van der Waals surface area contributed by atoms with Crippen LogP contribution in [0.1, 0.15) is 58.8 Å². The van der Waals surface area contributed by atoms with Crippen LogP contribution in [0.15, 0.2) is 60.9 Å². The number of ketones is 1. The van der Waals surface area contributed by atoms with E-state index in [-0.39, 0.29) is 35.2 Å². The SMILES string of the molecule is COC1CCC(NC/C=C/C(=O)Nc2ccc(C(=O)c3cc4c5c(cccn35)-c3c(C(F)(F)F)cc5c(nc(C)n5C)c3OCC4)nc2)CC1. The summed E-state index contributed by atoms with van der Waals surface area (Å²) in [5.74, 6) is -0.115. The van der Waals surface area contributed by atoms with Crippen molar-refractivity contribution < 1.29 is 32.2 Å². The van der Waals surface area contributed by atoms with Gasteiger partial charge in [-0.15, -0.1) is 0 Å². The fourth-order valence-corrected chi connectivity index (χ4v) is 7.03. The van der Waals surface area contributed by atoms with Crippen molar-refractivity contribution in [3.8, 4) is 16.9 Å². The van der Waals surface area contributed by atoms with Crippen LogP contribution in [-0.2, 0) is 29.2 Å². The molecule has 4 aromatic heterocycles. The molecule has 1 saturated carbocycles. The van der Waals surface area contributed by atoms with Gasteiger partial charge in [0.15, 0.2) is 5.75 Å². The Balaban J connectivity index is 1.13. The first-order chi connectivity index (χ1) is 24.0. The average Bonchev–Trinajstić information content (AvgIpc) is 3.61. The van der Waals surface area contributed by atoms with Gasteiger partial charge in [0.05, 0.1) is 46.9 Å². The Hall–Kier alpha value is -5.01. The van der Waals surface area contributed by atoms with E-state index < -0.39 is 17.5 Å². The summed E-state index contributed by atoms with van der Waals surface area (Å²) in [5, 5.41) is 6.20. The molecule has 1 fully saturated rings. The lowest BCUT2D eigenvalue weighted by molar-refractivity contribution is -0.137. The summed E-state index contributed by atoms with van der Waals surface area (Å²) in [6.07, 6.45) is 6.40. The predicted molar refractivity (Wildman–Crippen MR) is 183 cm³/mol. The van der Waals surface area contributed by atoms with E-state index in [9.17, 15) is 22.8 Å². The molecule has 13 heteroatoms. The van der Waals surface area contributed by atoms with Gasteiger partial charge in [-0.1, -0.05) is 12.1 Å². The number of aryl methyl sites for hydroxylation is 2. The minimum atomic E-state index is -4.69. The number of amides is 1. The Labute approximate surface area is 286 Å². The number of nitrogens with one attached hydrogen (secondary N) is 2. The Morgan fingerprint density at radius 2 is 1.94 bits per heavy atom. The van der Waals surface area contributed by atoms with Gasteiger partial charge in [-0.25, -0.2) is 4.98 Å². The van der Waals surface area contributed by atoms with Crippen LogP contribution in [0, 0.1) is 6.92 Å². The van der Waals surface area contributed by atoms with Gasteiger partial charge in [0, 0.05) is 56.6 Å². The number of methoxy groups -OCH3 is 1. The minimum Gasteiger partial charge on any atom is -0.490 e. The van der Waals surface area contributed by atoms with Crippen LogP contribution in [0.2, 0.25) is 0 Å². The number of hydrogen-bond donors (Lipinski definition) is 2. The lowest BCUT2D eigenvalue weighted by Crippen LogP contribution is -2.35. The van der Waals surface area contributed by atoms with Crippen molar-refractivity contribution in [2.75, 3.05) is 25.6 Å². The van der Waals surface area contributed by atoms with E-state index in [1.807, 2.05) is 0 Å². The number of anilines is 1. The molecule has 0 atom stereocenters. The fourth-order valence-electron chi connectivity index (χ4n) is 7.03. The van der Waals surface area contributed by atoms with Gasteiger partial charge >= 0.3 is 6.18 Å². The number of carbonyl (C=O) groups is 2. The molecule has 50 heavy (non-hydrogen) atoms. The topological polar surface area (TPSA) is 112 Å². The molecule has 5 aromatic rings. The van der Waals surface area contributed by atoms with Gasteiger partial charge in [-0.05, 0) is 68.5 Å². The quantitative estimate of drug-likeness (QED) is 0.143. The van der Waals surface area contributed by atoms with Gasteiger partial charge < -0.3 is 29.1 Å². The molecule has 0 saturated heterocycles. The Bertz CT molecular complexity index is 2130. The first kappa shape index (κ1) is 33.5. The number of alkyl halides is 3. The number of pyridine rings is 2. The zero-order valence-electron chi connectivity index (χ0n) is 27.9. The Morgan fingerprint density at radius 3 is 2.66 bits per heavy atom. The number of halogens is 3. The lowest BCUT2D eigenvalue weighted by Gasteiger charge is -2.27. The van der Waals surface area contributed by atoms with Crippen LogP contribution in [-0.4, -0.2) is 63.0 Å². The molecule has 0 bridgehead atoms. The van der Waals surface area contributed by atoms with Gasteiger partial charge in [-0.3, -0.25) is 14.6 Å². The third kappa shape index (κ3) is 6.27. The van der Waals surface area contributed by atoms with E-state index in [1.165, 1.54) is 18.3 Å². The van der Waals surface area contributed by atoms with Gasteiger partial charge in [0.1, 0.15) is 17.0 Å². The molecule has 5 heterocycles. The number of benzene rings is 1. The maximum Gasteiger partial charge on any atom is 0.417 e. The van der Waals surface area contributed by atoms with Crippen LogP contribution >= 0.6 is 0 Å². The maximum absolute atomic E-state index is 14.7. The van der Waals surface area contributed by atoms with Crippen molar-refractivity contribution in [3.05, 3.63) is 89.3 Å². The Kier molecular flexibility index (Phi) is 8.95. The molecule has 1 aromatic carbocycles. The van der Waals surface area contributed by atoms with Crippen LogP contribution in [0.4, 0.5) is 18.9 Å². The molecule has 2 aliphatic rings. The number of hydrogen-bond acceptors (Lipinski definition) is 7. The number of imidazole rings is 1. The number of carbonyl (C=O) groups excluding carboxylic acids is 2. The molecular formula is C37H37F3N6O4. The van der Waals surface area contributed by atoms with Crippen molar-refractivity contribution in [1.82, 2.24) is 24.3 Å². The molecule has 0 radical (unpaired) electrons. The van der Waals surface area contributed by atoms with E-state index in [0.717, 1.165) is 31.7 Å². The highest BCUT2D eigenvalue weighted by molar-refractivity contribution is 6.09. The zero-order chi connectivity index (χ0) is 35.2. The van der Waals surface area contributed by atoms with Crippen LogP contribution in [0.5, 0.6) is 5.75 Å². The highest BCUT2D eigenvalue weighted by Gasteiger charge is 2.39. The van der Waals surface area contributed by atoms with Gasteiger partial charge in [0.25, 0.3) is 0 Å². The lowest BCUT2D eigenvalue weighted by atomic mass is 9.93. The summed E-state index contributed by atoms with van der Waals surface area (Å²) < 4.78 is 58.8. The molecule has 7 rings (SSSR count). The van der Waals surface area contributed by atoms with Crippen molar-refractivity contribution in [1.29, 1.82) is 0 Å². The third-order valence-electron chi connectivity index (χ3n) is 9.71. The molecule has 260 valence electrons. The maximum atomic E-state index is 14.7. The van der Waals surface area contributed by atoms with Crippen molar-refractivity contribution in [2.24, 2.45) is 7.05 Å². The number of nitrogens with zero attached hydrogens (tertiary/aromatic N) is 4. The molecule has 0 unspecified atom stereocenters. The standard InChI is InChI=1S/C37H37F3N6O4/c1-21-43-33-29(45(21)2)19-27(37(38,39)40)32-26-6-5-16-46-30(18-22(34(26)46)14-17-50-36(32)33)35(48)28-13-10-24(20-42-28)44-31(47)7-4-15-41-23-8-11-25(49-3)12-9-23/h4-7,10,13,16,18-20,23,25,41H,8-9,11-12,14-15,17H2,1-3H3,(H,44,47)/b7-4+. The van der Waals surface area contributed by atoms with E-state index in [0.29, 0.717) is 64.3 Å². The predicted octanol–water partition coefficient (Wildman–Crippen LogP) is 6.42. The highest BCUT2D eigenvalue weighted by Crippen LogP contribution is 2.48. The second-order valence-corrected chi connectivity index (χ2v) is 12.8. The second-order valence-electron chi connectivity index (χ2n) is 12.8. The first-order valence-corrected chi connectivity index (χ1v) is 16.6. The summed E-state index contributed by atoms with van der Waals surface area (Å²) >= 11 is 0. The van der Waals surface area contributed by atoms with E-state index in [1.54, 1.807) is 66.6 Å². The normalized spacial score (nSPS) is 17.8. The van der Waals surface area contributed by atoms with E-state index >= 15 is 0 Å². The van der Waals surface area contributed by atoms with Crippen LogP contribution in [0.25, 0.3) is 27.7 Å². The summed E-state index contributed by atoms with van der Waals surface area (Å²) in [6, 6.07) is 9.54. The highest BCUT2D eigenvalue weighted by atomic mass is 19.4. The number of rotatable bonds is 8. The molecule has 2 N–H and O–H groups in total. The van der Waals surface area contributed by atoms with Gasteiger partial charge in [-0.2, -0.15) is 13.2 Å². The second kappa shape index (κ2) is 13.4. The molecule has 1 aliphatic carbocycles. The third-order valence-corrected chi connectivity index (χ3v) is 9.71. The summed E-state index contributed by atoms with van der Waals surface area (Å²) in [6.45, 7) is 2.39. The van der Waals surface area contributed by atoms with Crippen molar-refractivity contribution in [3.63, 3.8) is 0 Å². The molecular weight excluding hydrogens is 649 g/mol. The van der Waals surface area contributed by atoms with Gasteiger partial charge in [0.2, 0.25) is 11.7 Å². The number of fused-ring (bicyclic) bond motifs is 4. The number of aromatic nitrogens is 4. The van der Waals surface area contributed by atoms with E-state index in [2.05, 4.69) is 20.6 Å². The Morgan fingerprint density at radius 1 is 1.14 bits per heavy atom. The summed E-state index contributed by atoms with van der Waals surface area (Å²) in [4.78, 5) is 35.2. The molecule has 1 aliphatic heterocycles. The number of ether oxygens (including phenoxy) is 2. The van der Waals surface area contributed by atoms with Crippen molar-refractivity contribution >= 4 is 33.9 Å². The zero-order valence-corrected chi connectivity index (χ0v) is 27.9. The average molecular weight is 687 g/mol. The van der Waals surface area contributed by atoms with Crippen LogP contribution < -0.4 is 15.4 Å². The van der Waals surface area contributed by atoms with Crippen molar-refractivity contribution in [2.45, 2.75) is 57.3 Å².